The van der Waals surface area contributed by atoms with Crippen molar-refractivity contribution in [1.82, 2.24) is 9.47 Å². The Kier molecular flexibility index (Phi) is 4.12. The number of carbonyl (C=O) groups is 2. The van der Waals surface area contributed by atoms with Gasteiger partial charge in [0, 0.05) is 25.1 Å². The molecule has 0 aliphatic heterocycles. The highest BCUT2D eigenvalue weighted by atomic mass is 16.5. The summed E-state index contributed by atoms with van der Waals surface area (Å²) in [7, 11) is 4.72. The van der Waals surface area contributed by atoms with Gasteiger partial charge in [0.1, 0.15) is 0 Å². The number of carbonyl (C=O) groups excluding carboxylic acids is 2. The van der Waals surface area contributed by atoms with Crippen LogP contribution >= 0.6 is 0 Å². The maximum atomic E-state index is 12.4. The number of benzene rings is 1. The quantitative estimate of drug-likeness (QED) is 0.630. The Morgan fingerprint density at radius 2 is 1.90 bits per heavy atom. The van der Waals surface area contributed by atoms with E-state index in [-0.39, 0.29) is 6.03 Å². The molecule has 2 aromatic rings. The van der Waals surface area contributed by atoms with Crippen LogP contribution in [0.4, 0.5) is 4.79 Å². The highest BCUT2D eigenvalue weighted by Gasteiger charge is 2.16. The third-order valence-corrected chi connectivity index (χ3v) is 3.18. The Morgan fingerprint density at radius 3 is 2.52 bits per heavy atom. The van der Waals surface area contributed by atoms with E-state index >= 15 is 0 Å². The molecule has 0 unspecified atom stereocenters. The minimum absolute atomic E-state index is 0.167. The smallest absolute Gasteiger partial charge is 0.333 e. The lowest BCUT2D eigenvalue weighted by Gasteiger charge is -2.14. The molecule has 0 atom stereocenters. The third kappa shape index (κ3) is 2.81. The SMILES string of the molecule is COC(=O)/C(C)=C/c1cc2ccccc2n1C(=O)N(C)C. The van der Waals surface area contributed by atoms with Crippen LogP contribution in [0.5, 0.6) is 0 Å². The van der Waals surface area contributed by atoms with E-state index in [0.717, 1.165) is 10.9 Å². The molecule has 0 saturated heterocycles. The van der Waals surface area contributed by atoms with Crippen molar-refractivity contribution < 1.29 is 14.3 Å². The second-order valence-corrected chi connectivity index (χ2v) is 4.96. The molecule has 1 aromatic heterocycles. The lowest BCUT2D eigenvalue weighted by molar-refractivity contribution is -0.135. The van der Waals surface area contributed by atoms with Crippen molar-refractivity contribution in [2.24, 2.45) is 0 Å². The number of hydrogen-bond acceptors (Lipinski definition) is 3. The molecular formula is C16H18N2O3. The minimum Gasteiger partial charge on any atom is -0.466 e. The summed E-state index contributed by atoms with van der Waals surface area (Å²) in [5, 5.41) is 0.941. The zero-order chi connectivity index (χ0) is 15.6. The van der Waals surface area contributed by atoms with E-state index < -0.39 is 5.97 Å². The maximum absolute atomic E-state index is 12.4. The summed E-state index contributed by atoms with van der Waals surface area (Å²) < 4.78 is 6.28. The molecular weight excluding hydrogens is 268 g/mol. The van der Waals surface area contributed by atoms with Gasteiger partial charge < -0.3 is 9.64 Å². The number of para-hydroxylation sites is 1. The van der Waals surface area contributed by atoms with E-state index in [4.69, 9.17) is 4.74 Å². The van der Waals surface area contributed by atoms with Gasteiger partial charge >= 0.3 is 12.0 Å². The number of rotatable bonds is 2. The molecule has 0 radical (unpaired) electrons. The van der Waals surface area contributed by atoms with E-state index in [0.29, 0.717) is 11.3 Å². The Labute approximate surface area is 123 Å². The van der Waals surface area contributed by atoms with Crippen LogP contribution < -0.4 is 0 Å². The first-order valence-electron chi connectivity index (χ1n) is 6.54. The summed E-state index contributed by atoms with van der Waals surface area (Å²) in [5.74, 6) is -0.413. The van der Waals surface area contributed by atoms with Gasteiger partial charge in [-0.25, -0.2) is 9.59 Å². The minimum atomic E-state index is -0.413. The van der Waals surface area contributed by atoms with E-state index in [9.17, 15) is 9.59 Å². The fourth-order valence-corrected chi connectivity index (χ4v) is 2.14. The van der Waals surface area contributed by atoms with E-state index in [1.807, 2.05) is 30.3 Å². The number of hydrogen-bond donors (Lipinski definition) is 0. The summed E-state index contributed by atoms with van der Waals surface area (Å²) in [6.45, 7) is 1.66. The van der Waals surface area contributed by atoms with Crippen LogP contribution in [0, 0.1) is 0 Å². The molecule has 0 bridgehead atoms. The monoisotopic (exact) mass is 286 g/mol. The fourth-order valence-electron chi connectivity index (χ4n) is 2.14. The van der Waals surface area contributed by atoms with E-state index in [1.165, 1.54) is 12.0 Å². The molecule has 21 heavy (non-hydrogen) atoms. The molecule has 1 heterocycles. The summed E-state index contributed by atoms with van der Waals surface area (Å²) >= 11 is 0. The lowest BCUT2D eigenvalue weighted by atomic mass is 10.2. The Hall–Kier alpha value is -2.56. The van der Waals surface area contributed by atoms with Crippen LogP contribution in [-0.2, 0) is 9.53 Å². The average molecular weight is 286 g/mol. The Bertz CT molecular complexity index is 726. The van der Waals surface area contributed by atoms with Crippen LogP contribution in [0.2, 0.25) is 0 Å². The highest BCUT2D eigenvalue weighted by Crippen LogP contribution is 2.22. The Morgan fingerprint density at radius 1 is 1.24 bits per heavy atom. The summed E-state index contributed by atoms with van der Waals surface area (Å²) in [5.41, 5.74) is 1.89. The van der Waals surface area contributed by atoms with Gasteiger partial charge in [-0.05, 0) is 25.1 Å². The number of ether oxygens (including phenoxy) is 1. The van der Waals surface area contributed by atoms with Crippen molar-refractivity contribution >= 4 is 29.0 Å². The van der Waals surface area contributed by atoms with Gasteiger partial charge in [0.05, 0.1) is 18.3 Å². The van der Waals surface area contributed by atoms with Crippen molar-refractivity contribution in [2.75, 3.05) is 21.2 Å². The molecule has 2 rings (SSSR count). The van der Waals surface area contributed by atoms with Crippen LogP contribution in [-0.4, -0.2) is 42.7 Å². The molecule has 1 aromatic carbocycles. The molecule has 0 spiro atoms. The second-order valence-electron chi connectivity index (χ2n) is 4.96. The first-order chi connectivity index (χ1) is 9.95. The van der Waals surface area contributed by atoms with Crippen molar-refractivity contribution in [2.45, 2.75) is 6.92 Å². The van der Waals surface area contributed by atoms with Crippen molar-refractivity contribution in [3.05, 3.63) is 41.6 Å². The number of esters is 1. The van der Waals surface area contributed by atoms with Gasteiger partial charge in [-0.3, -0.25) is 4.57 Å². The van der Waals surface area contributed by atoms with Crippen LogP contribution in [0.15, 0.2) is 35.9 Å². The Balaban J connectivity index is 2.65. The fraction of sp³-hybridized carbons (Fsp3) is 0.250. The highest BCUT2D eigenvalue weighted by molar-refractivity contribution is 5.98. The first kappa shape index (κ1) is 14.8. The standard InChI is InChI=1S/C16H18N2O3/c1-11(15(19)21-4)9-13-10-12-7-5-6-8-14(12)18(13)16(20)17(2)3/h5-10H,1-4H3/b11-9+. The largest absolute Gasteiger partial charge is 0.466 e. The molecule has 5 heteroatoms. The van der Waals surface area contributed by atoms with Crippen LogP contribution in [0.25, 0.3) is 17.0 Å². The van der Waals surface area contributed by atoms with Gasteiger partial charge in [0.15, 0.2) is 0 Å². The van der Waals surface area contributed by atoms with Crippen LogP contribution in [0.1, 0.15) is 12.6 Å². The van der Waals surface area contributed by atoms with Crippen molar-refractivity contribution in [3.8, 4) is 0 Å². The molecule has 0 N–H and O–H groups in total. The van der Waals surface area contributed by atoms with Gasteiger partial charge in [-0.15, -0.1) is 0 Å². The molecule has 0 aliphatic rings. The summed E-state index contributed by atoms with van der Waals surface area (Å²) in [6.07, 6.45) is 1.66. The molecule has 5 nitrogen and oxygen atoms in total. The number of fused-ring (bicyclic) bond motifs is 1. The van der Waals surface area contributed by atoms with E-state index in [1.54, 1.807) is 31.7 Å². The summed E-state index contributed by atoms with van der Waals surface area (Å²) in [6, 6.07) is 9.31. The molecule has 0 fully saturated rings. The molecule has 0 aliphatic carbocycles. The average Bonchev–Trinajstić information content (AvgIpc) is 2.82. The van der Waals surface area contributed by atoms with Gasteiger partial charge in [0.25, 0.3) is 0 Å². The zero-order valence-corrected chi connectivity index (χ0v) is 12.6. The number of amides is 1. The van der Waals surface area contributed by atoms with Gasteiger partial charge in [-0.2, -0.15) is 0 Å². The zero-order valence-electron chi connectivity index (χ0n) is 12.6. The predicted octanol–water partition coefficient (Wildman–Crippen LogP) is 2.75. The number of methoxy groups -OCH3 is 1. The normalized spacial score (nSPS) is 11.5. The number of aromatic nitrogens is 1. The van der Waals surface area contributed by atoms with Crippen molar-refractivity contribution in [3.63, 3.8) is 0 Å². The summed E-state index contributed by atoms with van der Waals surface area (Å²) in [4.78, 5) is 25.5. The molecule has 1 amide bonds. The van der Waals surface area contributed by atoms with E-state index in [2.05, 4.69) is 0 Å². The molecule has 0 saturated carbocycles. The molecule has 110 valence electrons. The first-order valence-corrected chi connectivity index (χ1v) is 6.54. The van der Waals surface area contributed by atoms with Crippen molar-refractivity contribution in [1.29, 1.82) is 0 Å². The number of nitrogens with zero attached hydrogens (tertiary/aromatic N) is 2. The second kappa shape index (κ2) is 5.83. The third-order valence-electron chi connectivity index (χ3n) is 3.18. The maximum Gasteiger partial charge on any atom is 0.333 e. The topological polar surface area (TPSA) is 51.5 Å². The lowest BCUT2D eigenvalue weighted by Crippen LogP contribution is -2.27. The predicted molar refractivity (Wildman–Crippen MR) is 82.1 cm³/mol. The van der Waals surface area contributed by atoms with Crippen LogP contribution in [0.3, 0.4) is 0 Å². The van der Waals surface area contributed by atoms with Gasteiger partial charge in [-0.1, -0.05) is 18.2 Å². The van der Waals surface area contributed by atoms with Gasteiger partial charge in [0.2, 0.25) is 0 Å².